The Balaban J connectivity index is 1.35. The number of nitrogens with zero attached hydrogens (tertiary/aromatic N) is 4. The Morgan fingerprint density at radius 3 is 2.32 bits per heavy atom. The second-order valence-corrected chi connectivity index (χ2v) is 7.38. The first-order valence-corrected chi connectivity index (χ1v) is 10.0. The molecule has 154 valence electrons. The molecule has 3 amide bonds. The molecule has 3 rings (SSSR count). The normalized spacial score (nSPS) is 18.7. The molecule has 1 N–H and O–H groups in total. The van der Waals surface area contributed by atoms with Gasteiger partial charge in [0.15, 0.2) is 0 Å². The van der Waals surface area contributed by atoms with E-state index in [0.29, 0.717) is 26.2 Å². The third-order valence-corrected chi connectivity index (χ3v) is 5.46. The zero-order valence-corrected chi connectivity index (χ0v) is 16.6. The summed E-state index contributed by atoms with van der Waals surface area (Å²) in [6.45, 7) is 10.6. The van der Waals surface area contributed by atoms with Crippen molar-refractivity contribution in [3.8, 4) is 0 Å². The van der Waals surface area contributed by atoms with Gasteiger partial charge in [-0.05, 0) is 24.2 Å². The number of piperazine rings is 1. The number of hydrogen-bond acceptors (Lipinski definition) is 4. The Kier molecular flexibility index (Phi) is 7.22. The maximum Gasteiger partial charge on any atom is 0.320 e. The van der Waals surface area contributed by atoms with Crippen molar-refractivity contribution < 1.29 is 14.0 Å². The molecular formula is C20H30FN5O2. The molecule has 0 aliphatic carbocycles. The highest BCUT2D eigenvalue weighted by Gasteiger charge is 2.29. The van der Waals surface area contributed by atoms with Crippen LogP contribution in [-0.2, 0) is 11.3 Å². The fourth-order valence-corrected chi connectivity index (χ4v) is 3.65. The molecule has 0 spiro atoms. The first kappa shape index (κ1) is 20.5. The van der Waals surface area contributed by atoms with Crippen molar-refractivity contribution in [2.75, 3.05) is 65.4 Å². The van der Waals surface area contributed by atoms with E-state index in [4.69, 9.17) is 0 Å². The highest BCUT2D eigenvalue weighted by Crippen LogP contribution is 2.13. The van der Waals surface area contributed by atoms with Gasteiger partial charge in [0.2, 0.25) is 5.91 Å². The third kappa shape index (κ3) is 5.65. The number of benzene rings is 1. The summed E-state index contributed by atoms with van der Waals surface area (Å²) >= 11 is 0. The Morgan fingerprint density at radius 1 is 1.00 bits per heavy atom. The summed E-state index contributed by atoms with van der Waals surface area (Å²) in [6.07, 6.45) is 0. The number of amides is 3. The first-order chi connectivity index (χ1) is 13.5. The summed E-state index contributed by atoms with van der Waals surface area (Å²) in [6, 6.07) is 6.00. The van der Waals surface area contributed by atoms with Gasteiger partial charge in [0.1, 0.15) is 12.4 Å². The van der Waals surface area contributed by atoms with Crippen LogP contribution in [0.15, 0.2) is 24.3 Å². The number of likely N-dealkylation sites (N-methyl/N-ethyl adjacent to an activating group) is 1. The van der Waals surface area contributed by atoms with Gasteiger partial charge < -0.3 is 20.0 Å². The molecule has 0 unspecified atom stereocenters. The van der Waals surface area contributed by atoms with Gasteiger partial charge in [-0.2, -0.15) is 0 Å². The zero-order chi connectivity index (χ0) is 19.9. The van der Waals surface area contributed by atoms with E-state index in [1.54, 1.807) is 21.9 Å². The molecule has 0 aromatic heterocycles. The number of halogens is 1. The van der Waals surface area contributed by atoms with Crippen molar-refractivity contribution in [1.82, 2.24) is 24.9 Å². The number of carbonyl (C=O) groups is 2. The van der Waals surface area contributed by atoms with Gasteiger partial charge in [0.05, 0.1) is 0 Å². The van der Waals surface area contributed by atoms with E-state index in [-0.39, 0.29) is 24.3 Å². The zero-order valence-electron chi connectivity index (χ0n) is 16.6. The van der Waals surface area contributed by atoms with Crippen LogP contribution in [0.5, 0.6) is 0 Å². The molecule has 28 heavy (non-hydrogen) atoms. The Morgan fingerprint density at radius 2 is 1.64 bits per heavy atom. The summed E-state index contributed by atoms with van der Waals surface area (Å²) in [5.74, 6) is -0.411. The first-order valence-electron chi connectivity index (χ1n) is 10.0. The van der Waals surface area contributed by atoms with Crippen molar-refractivity contribution >= 4 is 11.9 Å². The maximum atomic E-state index is 13.0. The molecule has 2 saturated heterocycles. The van der Waals surface area contributed by atoms with E-state index >= 15 is 0 Å². The van der Waals surface area contributed by atoms with Crippen LogP contribution < -0.4 is 5.32 Å². The standard InChI is InChI=1S/C20H30FN5O2/c1-2-23-9-11-24(12-10-23)8-7-22-19(27)16-26-14-13-25(20(26)28)15-17-3-5-18(21)6-4-17/h3-6H,2,7-16H2,1H3,(H,22,27). The molecule has 0 bridgehead atoms. The minimum absolute atomic E-state index is 0.0857. The lowest BCUT2D eigenvalue weighted by atomic mass is 10.2. The fourth-order valence-electron chi connectivity index (χ4n) is 3.65. The van der Waals surface area contributed by atoms with Crippen molar-refractivity contribution in [3.05, 3.63) is 35.6 Å². The van der Waals surface area contributed by atoms with Crippen LogP contribution >= 0.6 is 0 Å². The smallest absolute Gasteiger partial charge is 0.320 e. The van der Waals surface area contributed by atoms with Crippen LogP contribution in [0.3, 0.4) is 0 Å². The van der Waals surface area contributed by atoms with E-state index in [0.717, 1.165) is 44.8 Å². The Labute approximate surface area is 166 Å². The van der Waals surface area contributed by atoms with Crippen molar-refractivity contribution in [3.63, 3.8) is 0 Å². The van der Waals surface area contributed by atoms with Gasteiger partial charge >= 0.3 is 6.03 Å². The topological polar surface area (TPSA) is 59.1 Å². The number of hydrogen-bond donors (Lipinski definition) is 1. The maximum absolute atomic E-state index is 13.0. The average molecular weight is 391 g/mol. The predicted octanol–water partition coefficient (Wildman–Crippen LogP) is 0.817. The van der Waals surface area contributed by atoms with Gasteiger partial charge in [-0.25, -0.2) is 9.18 Å². The fraction of sp³-hybridized carbons (Fsp3) is 0.600. The molecule has 2 aliphatic rings. The molecule has 2 heterocycles. The van der Waals surface area contributed by atoms with E-state index < -0.39 is 0 Å². The molecule has 0 saturated carbocycles. The summed E-state index contributed by atoms with van der Waals surface area (Å²) in [4.78, 5) is 32.7. The molecule has 0 radical (unpaired) electrons. The lowest BCUT2D eigenvalue weighted by molar-refractivity contribution is -0.121. The summed E-state index contributed by atoms with van der Waals surface area (Å²) < 4.78 is 13.0. The SMILES string of the molecule is CCN1CCN(CCNC(=O)CN2CCN(Cc3ccc(F)cc3)C2=O)CC1. The van der Waals surface area contributed by atoms with Gasteiger partial charge in [-0.3, -0.25) is 9.69 Å². The van der Waals surface area contributed by atoms with Gasteiger partial charge in [0.25, 0.3) is 0 Å². The van der Waals surface area contributed by atoms with Crippen LogP contribution in [-0.4, -0.2) is 97.0 Å². The van der Waals surface area contributed by atoms with Crippen LogP contribution in [0.1, 0.15) is 12.5 Å². The monoisotopic (exact) mass is 391 g/mol. The molecule has 1 aromatic carbocycles. The largest absolute Gasteiger partial charge is 0.353 e. The van der Waals surface area contributed by atoms with Crippen molar-refractivity contribution in [2.45, 2.75) is 13.5 Å². The highest BCUT2D eigenvalue weighted by molar-refractivity contribution is 5.85. The van der Waals surface area contributed by atoms with Crippen LogP contribution in [0.2, 0.25) is 0 Å². The molecule has 0 atom stereocenters. The van der Waals surface area contributed by atoms with Crippen LogP contribution in [0, 0.1) is 5.82 Å². The second kappa shape index (κ2) is 9.84. The molecule has 8 heteroatoms. The van der Waals surface area contributed by atoms with Gasteiger partial charge in [-0.15, -0.1) is 0 Å². The van der Waals surface area contributed by atoms with E-state index in [1.807, 2.05) is 0 Å². The number of rotatable bonds is 8. The summed E-state index contributed by atoms with van der Waals surface area (Å²) in [5.41, 5.74) is 0.879. The minimum atomic E-state index is -0.290. The summed E-state index contributed by atoms with van der Waals surface area (Å²) in [7, 11) is 0. The lowest BCUT2D eigenvalue weighted by Gasteiger charge is -2.33. The molecule has 7 nitrogen and oxygen atoms in total. The van der Waals surface area contributed by atoms with E-state index in [1.165, 1.54) is 12.1 Å². The van der Waals surface area contributed by atoms with Crippen molar-refractivity contribution in [2.24, 2.45) is 0 Å². The Hall–Kier alpha value is -2.19. The summed E-state index contributed by atoms with van der Waals surface area (Å²) in [5, 5.41) is 2.93. The molecule has 2 fully saturated rings. The van der Waals surface area contributed by atoms with Crippen LogP contribution in [0.25, 0.3) is 0 Å². The molecule has 1 aromatic rings. The average Bonchev–Trinajstić information content (AvgIpc) is 3.03. The van der Waals surface area contributed by atoms with Gasteiger partial charge in [0, 0.05) is 58.9 Å². The van der Waals surface area contributed by atoms with E-state index in [9.17, 15) is 14.0 Å². The Bertz CT molecular complexity index is 661. The quantitative estimate of drug-likeness (QED) is 0.713. The van der Waals surface area contributed by atoms with Crippen LogP contribution in [0.4, 0.5) is 9.18 Å². The highest BCUT2D eigenvalue weighted by atomic mass is 19.1. The lowest BCUT2D eigenvalue weighted by Crippen LogP contribution is -2.48. The predicted molar refractivity (Wildman–Crippen MR) is 105 cm³/mol. The van der Waals surface area contributed by atoms with E-state index in [2.05, 4.69) is 22.0 Å². The number of carbonyl (C=O) groups excluding carboxylic acids is 2. The number of urea groups is 1. The minimum Gasteiger partial charge on any atom is -0.353 e. The second-order valence-electron chi connectivity index (χ2n) is 7.38. The third-order valence-electron chi connectivity index (χ3n) is 5.46. The molecular weight excluding hydrogens is 361 g/mol. The van der Waals surface area contributed by atoms with Gasteiger partial charge in [-0.1, -0.05) is 19.1 Å². The number of nitrogens with one attached hydrogen (secondary N) is 1. The van der Waals surface area contributed by atoms with Crippen molar-refractivity contribution in [1.29, 1.82) is 0 Å². The molecule has 2 aliphatic heterocycles.